The summed E-state index contributed by atoms with van der Waals surface area (Å²) in [5, 5.41) is 7.53. The highest BCUT2D eigenvalue weighted by molar-refractivity contribution is 7.17. The van der Waals surface area contributed by atoms with Crippen LogP contribution in [0.2, 0.25) is 0 Å². The fourth-order valence-electron chi connectivity index (χ4n) is 2.48. The molecule has 5 nitrogen and oxygen atoms in total. The third-order valence-electron chi connectivity index (χ3n) is 3.96. The van der Waals surface area contributed by atoms with E-state index in [-0.39, 0.29) is 5.91 Å². The van der Waals surface area contributed by atoms with E-state index in [2.05, 4.69) is 10.3 Å². The van der Waals surface area contributed by atoms with Crippen LogP contribution in [-0.2, 0) is 16.0 Å². The number of carbonyl (C=O) groups is 2. The van der Waals surface area contributed by atoms with Crippen molar-refractivity contribution in [3.8, 4) is 10.6 Å². The Hall–Kier alpha value is -2.51. The summed E-state index contributed by atoms with van der Waals surface area (Å²) in [5.41, 5.74) is 2.74. The van der Waals surface area contributed by atoms with E-state index in [1.807, 2.05) is 47.2 Å². The van der Waals surface area contributed by atoms with Gasteiger partial charge in [-0.3, -0.25) is 4.79 Å². The average Bonchev–Trinajstić information content (AvgIpc) is 3.32. The van der Waals surface area contributed by atoms with Crippen LogP contribution < -0.4 is 5.32 Å². The van der Waals surface area contributed by atoms with Gasteiger partial charge in [-0.2, -0.15) is 11.3 Å². The van der Waals surface area contributed by atoms with E-state index < -0.39 is 12.1 Å². The fourth-order valence-corrected chi connectivity index (χ4v) is 4.14. The van der Waals surface area contributed by atoms with Crippen LogP contribution in [0, 0.1) is 6.92 Å². The second kappa shape index (κ2) is 8.92. The van der Waals surface area contributed by atoms with E-state index in [9.17, 15) is 9.59 Å². The van der Waals surface area contributed by atoms with Crippen molar-refractivity contribution in [1.29, 1.82) is 0 Å². The molecule has 0 aliphatic carbocycles. The standard InChI is InChI=1S/C20H20N2O3S2/c1-13-17(27-19(22-13)16-9-11-26-12-16)20(24)25-14(2)18(23)21-10-8-15-6-4-3-5-7-15/h3-7,9,11-12,14H,8,10H2,1-2H3,(H,21,23)/t14-/m1/s1. The number of amides is 1. The molecule has 1 N–H and O–H groups in total. The Kier molecular flexibility index (Phi) is 6.36. The number of ether oxygens (including phenoxy) is 1. The molecule has 0 spiro atoms. The van der Waals surface area contributed by atoms with Gasteiger partial charge >= 0.3 is 5.97 Å². The molecule has 3 rings (SSSR count). The van der Waals surface area contributed by atoms with Gasteiger partial charge in [-0.25, -0.2) is 9.78 Å². The third kappa shape index (κ3) is 5.02. The molecule has 27 heavy (non-hydrogen) atoms. The number of nitrogens with zero attached hydrogens (tertiary/aromatic N) is 1. The van der Waals surface area contributed by atoms with Crippen LogP contribution in [0.5, 0.6) is 0 Å². The van der Waals surface area contributed by atoms with Crippen molar-refractivity contribution in [3.05, 3.63) is 63.3 Å². The first-order valence-electron chi connectivity index (χ1n) is 8.57. The van der Waals surface area contributed by atoms with Crippen molar-refractivity contribution in [2.24, 2.45) is 0 Å². The zero-order valence-corrected chi connectivity index (χ0v) is 16.7. The first-order chi connectivity index (χ1) is 13.0. The number of benzene rings is 1. The molecule has 0 aliphatic heterocycles. The first-order valence-corrected chi connectivity index (χ1v) is 10.3. The number of thiophene rings is 1. The first kappa shape index (κ1) is 19.3. The molecule has 0 radical (unpaired) electrons. The van der Waals surface area contributed by atoms with Gasteiger partial charge in [0.2, 0.25) is 0 Å². The molecule has 2 heterocycles. The van der Waals surface area contributed by atoms with Gasteiger partial charge in [0.05, 0.1) is 5.69 Å². The van der Waals surface area contributed by atoms with E-state index in [0.29, 0.717) is 17.1 Å². The number of rotatable bonds is 7. The lowest BCUT2D eigenvalue weighted by Crippen LogP contribution is -2.36. The summed E-state index contributed by atoms with van der Waals surface area (Å²) in [7, 11) is 0. The minimum absolute atomic E-state index is 0.306. The highest BCUT2D eigenvalue weighted by atomic mass is 32.1. The molecule has 2 aromatic heterocycles. The summed E-state index contributed by atoms with van der Waals surface area (Å²) in [6.07, 6.45) is -0.134. The monoisotopic (exact) mass is 400 g/mol. The van der Waals surface area contributed by atoms with Crippen molar-refractivity contribution < 1.29 is 14.3 Å². The van der Waals surface area contributed by atoms with Crippen molar-refractivity contribution in [1.82, 2.24) is 10.3 Å². The highest BCUT2D eigenvalue weighted by Crippen LogP contribution is 2.29. The summed E-state index contributed by atoms with van der Waals surface area (Å²) in [5.74, 6) is -0.823. The van der Waals surface area contributed by atoms with Crippen LogP contribution in [0.25, 0.3) is 10.6 Å². The van der Waals surface area contributed by atoms with Crippen molar-refractivity contribution in [2.75, 3.05) is 6.54 Å². The van der Waals surface area contributed by atoms with E-state index in [1.54, 1.807) is 25.2 Å². The second-order valence-corrected chi connectivity index (χ2v) is 7.80. The molecular weight excluding hydrogens is 380 g/mol. The molecule has 1 aromatic carbocycles. The van der Waals surface area contributed by atoms with Gasteiger partial charge in [-0.15, -0.1) is 11.3 Å². The lowest BCUT2D eigenvalue weighted by atomic mass is 10.1. The zero-order valence-electron chi connectivity index (χ0n) is 15.1. The van der Waals surface area contributed by atoms with Crippen LogP contribution in [0.15, 0.2) is 47.2 Å². The number of thiazole rings is 1. The molecule has 7 heteroatoms. The minimum atomic E-state index is -0.862. The average molecular weight is 401 g/mol. The second-order valence-electron chi connectivity index (χ2n) is 6.02. The molecule has 0 saturated heterocycles. The summed E-state index contributed by atoms with van der Waals surface area (Å²) in [6.45, 7) is 3.84. The molecule has 0 fully saturated rings. The SMILES string of the molecule is Cc1nc(-c2ccsc2)sc1C(=O)O[C@H](C)C(=O)NCCc1ccccc1. The van der Waals surface area contributed by atoms with Crippen molar-refractivity contribution in [2.45, 2.75) is 26.4 Å². The summed E-state index contributed by atoms with van der Waals surface area (Å²) in [4.78, 5) is 29.5. The summed E-state index contributed by atoms with van der Waals surface area (Å²) < 4.78 is 5.33. The van der Waals surface area contributed by atoms with Crippen LogP contribution in [0.4, 0.5) is 0 Å². The van der Waals surface area contributed by atoms with E-state index in [0.717, 1.165) is 22.6 Å². The predicted octanol–water partition coefficient (Wildman–Crippen LogP) is 4.08. The molecule has 0 unspecified atom stereocenters. The lowest BCUT2D eigenvalue weighted by Gasteiger charge is -2.13. The van der Waals surface area contributed by atoms with Gasteiger partial charge in [0, 0.05) is 17.5 Å². The van der Waals surface area contributed by atoms with Crippen molar-refractivity contribution in [3.63, 3.8) is 0 Å². The van der Waals surface area contributed by atoms with Crippen LogP contribution in [0.1, 0.15) is 27.9 Å². The number of aryl methyl sites for hydroxylation is 1. The molecule has 3 aromatic rings. The highest BCUT2D eigenvalue weighted by Gasteiger charge is 2.23. The van der Waals surface area contributed by atoms with Crippen LogP contribution in [0.3, 0.4) is 0 Å². The number of aromatic nitrogens is 1. The lowest BCUT2D eigenvalue weighted by molar-refractivity contribution is -0.129. The molecule has 1 atom stereocenters. The summed E-state index contributed by atoms with van der Waals surface area (Å²) in [6, 6.07) is 11.8. The van der Waals surface area contributed by atoms with Gasteiger partial charge in [-0.1, -0.05) is 30.3 Å². The Labute approximate surface area is 166 Å². The Morgan fingerprint density at radius 3 is 2.70 bits per heavy atom. The Bertz CT molecular complexity index is 905. The Morgan fingerprint density at radius 2 is 2.00 bits per heavy atom. The maximum atomic E-state index is 12.4. The quantitative estimate of drug-likeness (QED) is 0.607. The van der Waals surface area contributed by atoms with Gasteiger partial charge in [0.25, 0.3) is 5.91 Å². The van der Waals surface area contributed by atoms with Gasteiger partial charge in [0.1, 0.15) is 9.88 Å². The fraction of sp³-hybridized carbons (Fsp3) is 0.250. The third-order valence-corrected chi connectivity index (χ3v) is 5.83. The van der Waals surface area contributed by atoms with Gasteiger partial charge in [-0.05, 0) is 37.3 Å². The van der Waals surface area contributed by atoms with E-state index in [4.69, 9.17) is 4.74 Å². The Morgan fingerprint density at radius 1 is 1.22 bits per heavy atom. The Balaban J connectivity index is 1.53. The normalized spacial score (nSPS) is 11.8. The van der Waals surface area contributed by atoms with E-state index >= 15 is 0 Å². The molecule has 0 aliphatic rings. The smallest absolute Gasteiger partial charge is 0.351 e. The molecule has 1 amide bonds. The zero-order chi connectivity index (χ0) is 19.2. The van der Waals surface area contributed by atoms with Gasteiger partial charge < -0.3 is 10.1 Å². The van der Waals surface area contributed by atoms with Crippen molar-refractivity contribution >= 4 is 34.6 Å². The maximum Gasteiger partial charge on any atom is 0.351 e. The molecule has 140 valence electrons. The predicted molar refractivity (Wildman–Crippen MR) is 108 cm³/mol. The molecule has 0 bridgehead atoms. The molecule has 0 saturated carbocycles. The largest absolute Gasteiger partial charge is 0.448 e. The number of hydrogen-bond acceptors (Lipinski definition) is 6. The summed E-state index contributed by atoms with van der Waals surface area (Å²) >= 11 is 2.86. The molecular formula is C20H20N2O3S2. The number of carbonyl (C=O) groups excluding carboxylic acids is 2. The number of nitrogens with one attached hydrogen (secondary N) is 1. The van der Waals surface area contributed by atoms with E-state index in [1.165, 1.54) is 11.3 Å². The maximum absolute atomic E-state index is 12.4. The van der Waals surface area contributed by atoms with Crippen LogP contribution in [-0.4, -0.2) is 29.5 Å². The minimum Gasteiger partial charge on any atom is -0.448 e. The number of hydrogen-bond donors (Lipinski definition) is 1. The number of esters is 1. The van der Waals surface area contributed by atoms with Gasteiger partial charge in [0.15, 0.2) is 6.10 Å². The van der Waals surface area contributed by atoms with Crippen LogP contribution >= 0.6 is 22.7 Å². The topological polar surface area (TPSA) is 68.3 Å².